The third kappa shape index (κ3) is 4.19. The van der Waals surface area contributed by atoms with Crippen LogP contribution in [0.1, 0.15) is 30.4 Å². The van der Waals surface area contributed by atoms with Crippen molar-refractivity contribution < 1.29 is 4.79 Å². The Labute approximate surface area is 152 Å². The van der Waals surface area contributed by atoms with E-state index < -0.39 is 0 Å². The highest BCUT2D eigenvalue weighted by Gasteiger charge is 2.28. The number of carbonyl (C=O) groups is 1. The van der Waals surface area contributed by atoms with Gasteiger partial charge in [0.1, 0.15) is 18.2 Å². The zero-order valence-electron chi connectivity index (χ0n) is 14.9. The summed E-state index contributed by atoms with van der Waals surface area (Å²) in [4.78, 5) is 16.5. The largest absolute Gasteiger partial charge is 0.340 e. The molecule has 9 heteroatoms. The van der Waals surface area contributed by atoms with Crippen molar-refractivity contribution >= 4 is 17.5 Å². The highest BCUT2D eigenvalue weighted by Crippen LogP contribution is 2.26. The Hall–Kier alpha value is -1.93. The van der Waals surface area contributed by atoms with Gasteiger partial charge < -0.3 is 14.4 Å². The Balaban J connectivity index is 1.66. The maximum absolute atomic E-state index is 12.6. The second kappa shape index (κ2) is 7.53. The standard InChI is InChI=1S/C16H24ClN7O/c1-21(2)10-14-19-20-16(22(14)3)12-5-4-6-23(8-12)15(25)11-24-9-13(17)7-18-24/h7,9,12H,4-6,8,10-11H2,1-3H3. The first kappa shape index (κ1) is 17.9. The molecule has 0 spiro atoms. The first-order valence-corrected chi connectivity index (χ1v) is 8.80. The Morgan fingerprint density at radius 3 is 2.88 bits per heavy atom. The summed E-state index contributed by atoms with van der Waals surface area (Å²) in [7, 11) is 6.02. The van der Waals surface area contributed by atoms with E-state index in [2.05, 4.69) is 24.8 Å². The van der Waals surface area contributed by atoms with Crippen molar-refractivity contribution in [2.45, 2.75) is 31.8 Å². The van der Waals surface area contributed by atoms with Crippen molar-refractivity contribution in [3.8, 4) is 0 Å². The lowest BCUT2D eigenvalue weighted by atomic mass is 9.97. The average Bonchev–Trinajstić information content (AvgIpc) is 3.13. The van der Waals surface area contributed by atoms with Crippen LogP contribution in [0.15, 0.2) is 12.4 Å². The van der Waals surface area contributed by atoms with Crippen LogP contribution in [0.4, 0.5) is 0 Å². The highest BCUT2D eigenvalue weighted by atomic mass is 35.5. The van der Waals surface area contributed by atoms with E-state index >= 15 is 0 Å². The van der Waals surface area contributed by atoms with Crippen LogP contribution in [0.3, 0.4) is 0 Å². The van der Waals surface area contributed by atoms with Gasteiger partial charge in [-0.25, -0.2) is 0 Å². The summed E-state index contributed by atoms with van der Waals surface area (Å²) in [6.07, 6.45) is 5.19. The molecule has 2 aromatic heterocycles. The predicted octanol–water partition coefficient (Wildman–Crippen LogP) is 1.13. The molecular weight excluding hydrogens is 342 g/mol. The first-order chi connectivity index (χ1) is 11.9. The van der Waals surface area contributed by atoms with Gasteiger partial charge in [0.25, 0.3) is 0 Å². The Bertz CT molecular complexity index is 739. The molecule has 2 aromatic rings. The van der Waals surface area contributed by atoms with Crippen molar-refractivity contribution in [3.63, 3.8) is 0 Å². The van der Waals surface area contributed by atoms with Gasteiger partial charge in [0.2, 0.25) is 5.91 Å². The molecule has 1 amide bonds. The van der Waals surface area contributed by atoms with Gasteiger partial charge in [-0.2, -0.15) is 5.10 Å². The van der Waals surface area contributed by atoms with Crippen molar-refractivity contribution in [2.75, 3.05) is 27.2 Å². The fraction of sp³-hybridized carbons (Fsp3) is 0.625. The van der Waals surface area contributed by atoms with Gasteiger partial charge in [-0.15, -0.1) is 10.2 Å². The lowest BCUT2D eigenvalue weighted by Gasteiger charge is -2.32. The minimum Gasteiger partial charge on any atom is -0.340 e. The summed E-state index contributed by atoms with van der Waals surface area (Å²) in [5.41, 5.74) is 0. The molecule has 8 nitrogen and oxygen atoms in total. The number of piperidine rings is 1. The first-order valence-electron chi connectivity index (χ1n) is 8.42. The van der Waals surface area contributed by atoms with Gasteiger partial charge in [0.15, 0.2) is 0 Å². The smallest absolute Gasteiger partial charge is 0.244 e. The normalized spacial score (nSPS) is 18.1. The van der Waals surface area contributed by atoms with E-state index in [-0.39, 0.29) is 18.4 Å². The molecule has 1 atom stereocenters. The summed E-state index contributed by atoms with van der Waals surface area (Å²) in [5, 5.41) is 13.3. The molecule has 0 aromatic carbocycles. The van der Waals surface area contributed by atoms with Crippen LogP contribution in [0, 0.1) is 0 Å². The van der Waals surface area contributed by atoms with Crippen LogP contribution >= 0.6 is 11.6 Å². The van der Waals surface area contributed by atoms with Crippen molar-refractivity contribution in [3.05, 3.63) is 29.1 Å². The van der Waals surface area contributed by atoms with Gasteiger partial charge in [0.05, 0.1) is 17.8 Å². The Morgan fingerprint density at radius 1 is 1.40 bits per heavy atom. The fourth-order valence-corrected chi connectivity index (χ4v) is 3.39. The lowest BCUT2D eigenvalue weighted by Crippen LogP contribution is -2.41. The zero-order valence-corrected chi connectivity index (χ0v) is 15.6. The van der Waals surface area contributed by atoms with Crippen LogP contribution in [-0.4, -0.2) is 67.4 Å². The molecule has 3 heterocycles. The number of likely N-dealkylation sites (tertiary alicyclic amines) is 1. The summed E-state index contributed by atoms with van der Waals surface area (Å²) in [6.45, 7) is 2.40. The molecule has 136 valence electrons. The zero-order chi connectivity index (χ0) is 18.0. The van der Waals surface area contributed by atoms with Crippen molar-refractivity contribution in [2.24, 2.45) is 7.05 Å². The summed E-state index contributed by atoms with van der Waals surface area (Å²) < 4.78 is 3.64. The molecule has 1 aliphatic rings. The Morgan fingerprint density at radius 2 is 2.20 bits per heavy atom. The van der Waals surface area contributed by atoms with Crippen LogP contribution < -0.4 is 0 Å². The van der Waals surface area contributed by atoms with E-state index in [1.165, 1.54) is 0 Å². The maximum Gasteiger partial charge on any atom is 0.244 e. The van der Waals surface area contributed by atoms with Crippen LogP contribution in [0.25, 0.3) is 0 Å². The molecule has 3 rings (SSSR count). The number of hydrogen-bond donors (Lipinski definition) is 0. The quantitative estimate of drug-likeness (QED) is 0.794. The van der Waals surface area contributed by atoms with Crippen LogP contribution in [0.2, 0.25) is 5.02 Å². The van der Waals surface area contributed by atoms with Gasteiger partial charge in [-0.05, 0) is 26.9 Å². The van der Waals surface area contributed by atoms with Crippen LogP contribution in [-0.2, 0) is 24.9 Å². The van der Waals surface area contributed by atoms with Crippen LogP contribution in [0.5, 0.6) is 0 Å². The molecular formula is C16H24ClN7O. The third-order valence-electron chi connectivity index (χ3n) is 4.49. The molecule has 1 fully saturated rings. The predicted molar refractivity (Wildman–Crippen MR) is 94.2 cm³/mol. The average molecular weight is 366 g/mol. The topological polar surface area (TPSA) is 72.1 Å². The van der Waals surface area contributed by atoms with E-state index in [1.807, 2.05) is 26.0 Å². The number of hydrogen-bond acceptors (Lipinski definition) is 5. The number of nitrogens with zero attached hydrogens (tertiary/aromatic N) is 7. The molecule has 25 heavy (non-hydrogen) atoms. The number of aromatic nitrogens is 5. The fourth-order valence-electron chi connectivity index (χ4n) is 3.23. The minimum absolute atomic E-state index is 0.0557. The molecule has 0 saturated carbocycles. The number of rotatable bonds is 5. The van der Waals surface area contributed by atoms with E-state index in [0.29, 0.717) is 11.6 Å². The molecule has 1 aliphatic heterocycles. The Kier molecular flexibility index (Phi) is 5.39. The maximum atomic E-state index is 12.6. The van der Waals surface area contributed by atoms with E-state index in [9.17, 15) is 4.79 Å². The van der Waals surface area contributed by atoms with Gasteiger partial charge >= 0.3 is 0 Å². The number of amides is 1. The number of halogens is 1. The molecule has 0 bridgehead atoms. The molecule has 1 saturated heterocycles. The monoisotopic (exact) mass is 365 g/mol. The van der Waals surface area contributed by atoms with Gasteiger partial charge in [0, 0.05) is 32.3 Å². The summed E-state index contributed by atoms with van der Waals surface area (Å²) >= 11 is 5.86. The highest BCUT2D eigenvalue weighted by molar-refractivity contribution is 6.30. The second-order valence-electron chi connectivity index (χ2n) is 6.81. The lowest BCUT2D eigenvalue weighted by molar-refractivity contribution is -0.133. The summed E-state index contributed by atoms with van der Waals surface area (Å²) in [5.74, 6) is 2.17. The van der Waals surface area contributed by atoms with Gasteiger partial charge in [-0.1, -0.05) is 11.6 Å². The van der Waals surface area contributed by atoms with Crippen molar-refractivity contribution in [1.82, 2.24) is 34.3 Å². The minimum atomic E-state index is 0.0557. The molecule has 0 aliphatic carbocycles. The van der Waals surface area contributed by atoms with Gasteiger partial charge in [-0.3, -0.25) is 9.48 Å². The second-order valence-corrected chi connectivity index (χ2v) is 7.24. The van der Waals surface area contributed by atoms with E-state index in [4.69, 9.17) is 11.6 Å². The molecule has 0 radical (unpaired) electrons. The van der Waals surface area contributed by atoms with E-state index in [1.54, 1.807) is 17.1 Å². The number of carbonyl (C=O) groups excluding carboxylic acids is 1. The SMILES string of the molecule is CN(C)Cc1nnc(C2CCCN(C(=O)Cn3cc(Cl)cn3)C2)n1C. The van der Waals surface area contributed by atoms with Crippen molar-refractivity contribution in [1.29, 1.82) is 0 Å². The van der Waals surface area contributed by atoms with E-state index in [0.717, 1.165) is 37.6 Å². The summed E-state index contributed by atoms with van der Waals surface area (Å²) in [6, 6.07) is 0. The molecule has 1 unspecified atom stereocenters. The third-order valence-corrected chi connectivity index (χ3v) is 4.69. The molecule has 0 N–H and O–H groups in total.